The third kappa shape index (κ3) is 4.12. The summed E-state index contributed by atoms with van der Waals surface area (Å²) in [5.41, 5.74) is 5.09. The van der Waals surface area contributed by atoms with Crippen molar-refractivity contribution in [1.29, 1.82) is 0 Å². The first-order chi connectivity index (χ1) is 14.8. The van der Waals surface area contributed by atoms with Gasteiger partial charge in [0.1, 0.15) is 6.61 Å². The molecule has 1 saturated carbocycles. The molecule has 0 unspecified atom stereocenters. The topological polar surface area (TPSA) is 38.3 Å². The normalized spacial score (nSPS) is 27.3. The third-order valence-electron chi connectivity index (χ3n) is 7.95. The monoisotopic (exact) mass is 419 g/mol. The molecule has 4 rings (SSSR count). The van der Waals surface area contributed by atoms with Crippen molar-refractivity contribution in [2.45, 2.75) is 71.1 Å². The predicted octanol–water partition coefficient (Wildman–Crippen LogP) is 6.48. The van der Waals surface area contributed by atoms with Gasteiger partial charge in [0.15, 0.2) is 0 Å². The van der Waals surface area contributed by atoms with Gasteiger partial charge in [0.2, 0.25) is 0 Å². The number of benzene rings is 2. The molecule has 2 aliphatic carbocycles. The highest BCUT2D eigenvalue weighted by atomic mass is 16.5. The number of aryl methyl sites for hydroxylation is 1. The molecule has 2 aromatic carbocycles. The maximum absolute atomic E-state index is 13.3. The van der Waals surface area contributed by atoms with Crippen LogP contribution >= 0.6 is 0 Å². The van der Waals surface area contributed by atoms with Crippen LogP contribution in [-0.2, 0) is 21.4 Å². The maximum Gasteiger partial charge on any atom is 0.312 e. The molecule has 0 heterocycles. The van der Waals surface area contributed by atoms with E-state index in [0.717, 1.165) is 37.8 Å². The number of ether oxygens (including phenoxy) is 1. The van der Waals surface area contributed by atoms with E-state index in [9.17, 15) is 4.79 Å². The summed E-state index contributed by atoms with van der Waals surface area (Å²) < 4.78 is 5.84. The van der Waals surface area contributed by atoms with E-state index in [1.807, 2.05) is 30.3 Å². The van der Waals surface area contributed by atoms with E-state index in [2.05, 4.69) is 51.2 Å². The second kappa shape index (κ2) is 8.68. The van der Waals surface area contributed by atoms with Crippen LogP contribution in [0, 0.1) is 11.3 Å². The second-order valence-corrected chi connectivity index (χ2v) is 10.3. The standard InChI is InChI=1S/C28H37NO2/c1-20(2)21-11-13-24-22(19-21)12-14-25-27(24,3)15-8-16-28(25,4)26(30)31-18-17-29-23-9-6-5-7-10-23/h5-7,9-11,13,19-20,25,29H,8,12,14-18H2,1-4H3/t25-,27-,28-/m1/s1. The van der Waals surface area contributed by atoms with E-state index in [1.54, 1.807) is 0 Å². The quantitative estimate of drug-likeness (QED) is 0.430. The van der Waals surface area contributed by atoms with Crippen molar-refractivity contribution in [3.8, 4) is 0 Å². The Morgan fingerprint density at radius 3 is 2.65 bits per heavy atom. The Bertz CT molecular complexity index is 922. The van der Waals surface area contributed by atoms with Gasteiger partial charge in [-0.15, -0.1) is 0 Å². The zero-order valence-electron chi connectivity index (χ0n) is 19.5. The predicted molar refractivity (Wildman–Crippen MR) is 128 cm³/mol. The van der Waals surface area contributed by atoms with E-state index in [0.29, 0.717) is 25.0 Å². The highest BCUT2D eigenvalue weighted by Crippen LogP contribution is 2.57. The summed E-state index contributed by atoms with van der Waals surface area (Å²) in [6.07, 6.45) is 5.29. The van der Waals surface area contributed by atoms with Gasteiger partial charge in [0, 0.05) is 12.2 Å². The fraction of sp³-hybridized carbons (Fsp3) is 0.536. The number of fused-ring (bicyclic) bond motifs is 3. The van der Waals surface area contributed by atoms with Crippen LogP contribution in [0.2, 0.25) is 0 Å². The average Bonchev–Trinajstić information content (AvgIpc) is 2.76. The first-order valence-electron chi connectivity index (χ1n) is 11.9. The summed E-state index contributed by atoms with van der Waals surface area (Å²) in [4.78, 5) is 13.3. The fourth-order valence-electron chi connectivity index (χ4n) is 6.17. The SMILES string of the molecule is CC(C)c1ccc2c(c1)CC[C@H]1[C@](C)(C(=O)OCCNc3ccccc3)CCC[C@]21C. The van der Waals surface area contributed by atoms with Crippen molar-refractivity contribution in [1.82, 2.24) is 0 Å². The molecule has 166 valence electrons. The van der Waals surface area contributed by atoms with Gasteiger partial charge in [-0.25, -0.2) is 0 Å². The second-order valence-electron chi connectivity index (χ2n) is 10.3. The van der Waals surface area contributed by atoms with Crippen LogP contribution in [0.5, 0.6) is 0 Å². The molecule has 3 heteroatoms. The minimum atomic E-state index is -0.409. The number of hydrogen-bond donors (Lipinski definition) is 1. The smallest absolute Gasteiger partial charge is 0.312 e. The molecule has 1 fully saturated rings. The molecule has 3 atom stereocenters. The van der Waals surface area contributed by atoms with Crippen LogP contribution in [0.15, 0.2) is 48.5 Å². The third-order valence-corrected chi connectivity index (χ3v) is 7.95. The summed E-state index contributed by atoms with van der Waals surface area (Å²) in [6, 6.07) is 17.1. The van der Waals surface area contributed by atoms with Crippen molar-refractivity contribution < 1.29 is 9.53 Å². The van der Waals surface area contributed by atoms with Gasteiger partial charge in [-0.3, -0.25) is 4.79 Å². The summed E-state index contributed by atoms with van der Waals surface area (Å²) in [6.45, 7) is 10.1. The Kier molecular flexibility index (Phi) is 6.14. The number of hydrogen-bond acceptors (Lipinski definition) is 3. The summed E-state index contributed by atoms with van der Waals surface area (Å²) in [7, 11) is 0. The molecule has 0 bridgehead atoms. The van der Waals surface area contributed by atoms with Crippen LogP contribution in [0.4, 0.5) is 5.69 Å². The molecule has 0 radical (unpaired) electrons. The molecule has 0 amide bonds. The zero-order valence-corrected chi connectivity index (χ0v) is 19.5. The number of nitrogens with one attached hydrogen (secondary N) is 1. The van der Waals surface area contributed by atoms with Crippen molar-refractivity contribution in [3.63, 3.8) is 0 Å². The molecular weight excluding hydrogens is 382 g/mol. The van der Waals surface area contributed by atoms with Crippen molar-refractivity contribution >= 4 is 11.7 Å². The Morgan fingerprint density at radius 2 is 1.90 bits per heavy atom. The minimum absolute atomic E-state index is 0.0134. The van der Waals surface area contributed by atoms with Gasteiger partial charge < -0.3 is 10.1 Å². The Morgan fingerprint density at radius 1 is 1.13 bits per heavy atom. The molecule has 2 aromatic rings. The number of anilines is 1. The van der Waals surface area contributed by atoms with Crippen molar-refractivity contribution in [3.05, 3.63) is 65.2 Å². The van der Waals surface area contributed by atoms with E-state index in [-0.39, 0.29) is 11.4 Å². The molecule has 3 nitrogen and oxygen atoms in total. The van der Waals surface area contributed by atoms with E-state index in [4.69, 9.17) is 4.74 Å². The molecule has 0 spiro atoms. The van der Waals surface area contributed by atoms with E-state index in [1.165, 1.54) is 16.7 Å². The van der Waals surface area contributed by atoms with Gasteiger partial charge in [-0.05, 0) is 78.7 Å². The lowest BCUT2D eigenvalue weighted by atomic mass is 9.49. The molecule has 0 saturated heterocycles. The van der Waals surface area contributed by atoms with Crippen LogP contribution in [0.3, 0.4) is 0 Å². The number of esters is 1. The van der Waals surface area contributed by atoms with Crippen LogP contribution < -0.4 is 5.32 Å². The number of rotatable bonds is 6. The summed E-state index contributed by atoms with van der Waals surface area (Å²) in [5, 5.41) is 3.33. The zero-order chi connectivity index (χ0) is 22.1. The summed E-state index contributed by atoms with van der Waals surface area (Å²) in [5.74, 6) is 0.869. The Balaban J connectivity index is 1.47. The van der Waals surface area contributed by atoms with Crippen molar-refractivity contribution in [2.75, 3.05) is 18.5 Å². The van der Waals surface area contributed by atoms with Gasteiger partial charge in [-0.1, -0.05) is 63.6 Å². The van der Waals surface area contributed by atoms with Crippen LogP contribution in [-0.4, -0.2) is 19.1 Å². The average molecular weight is 420 g/mol. The van der Waals surface area contributed by atoms with E-state index >= 15 is 0 Å². The minimum Gasteiger partial charge on any atom is -0.463 e. The molecule has 0 aliphatic heterocycles. The highest BCUT2D eigenvalue weighted by Gasteiger charge is 2.55. The lowest BCUT2D eigenvalue weighted by molar-refractivity contribution is -0.164. The van der Waals surface area contributed by atoms with Crippen LogP contribution in [0.25, 0.3) is 0 Å². The largest absolute Gasteiger partial charge is 0.463 e. The molecule has 31 heavy (non-hydrogen) atoms. The number of carbonyl (C=O) groups is 1. The van der Waals surface area contributed by atoms with Crippen LogP contribution in [0.1, 0.15) is 76.0 Å². The Hall–Kier alpha value is -2.29. The first kappa shape index (κ1) is 21.9. The fourth-order valence-corrected chi connectivity index (χ4v) is 6.17. The summed E-state index contributed by atoms with van der Waals surface area (Å²) >= 11 is 0. The van der Waals surface area contributed by atoms with E-state index < -0.39 is 5.41 Å². The van der Waals surface area contributed by atoms with Gasteiger partial charge in [0.25, 0.3) is 0 Å². The molecule has 0 aromatic heterocycles. The Labute approximate surface area is 187 Å². The number of para-hydroxylation sites is 1. The van der Waals surface area contributed by atoms with Gasteiger partial charge in [-0.2, -0.15) is 0 Å². The molecular formula is C28H37NO2. The first-order valence-corrected chi connectivity index (χ1v) is 11.9. The maximum atomic E-state index is 13.3. The lowest BCUT2D eigenvalue weighted by Crippen LogP contribution is -2.53. The number of carbonyl (C=O) groups excluding carboxylic acids is 1. The lowest BCUT2D eigenvalue weighted by Gasteiger charge is -2.54. The highest BCUT2D eigenvalue weighted by molar-refractivity contribution is 5.77. The molecule has 1 N–H and O–H groups in total. The van der Waals surface area contributed by atoms with Gasteiger partial charge in [0.05, 0.1) is 5.41 Å². The molecule has 2 aliphatic rings. The van der Waals surface area contributed by atoms with Crippen molar-refractivity contribution in [2.24, 2.45) is 11.3 Å². The van der Waals surface area contributed by atoms with Gasteiger partial charge >= 0.3 is 5.97 Å².